The van der Waals surface area contributed by atoms with Gasteiger partial charge in [-0.25, -0.2) is 0 Å². The van der Waals surface area contributed by atoms with Crippen molar-refractivity contribution in [1.29, 1.82) is 0 Å². The van der Waals surface area contributed by atoms with Crippen LogP contribution >= 0.6 is 0 Å². The Hall–Kier alpha value is -16.3. The lowest BCUT2D eigenvalue weighted by Crippen LogP contribution is -2.11. The van der Waals surface area contributed by atoms with Gasteiger partial charge in [0.15, 0.2) is 0 Å². The number of nitrogens with zero attached hydrogens (tertiary/aromatic N) is 4. The first-order valence-corrected chi connectivity index (χ1v) is 41.8. The van der Waals surface area contributed by atoms with Crippen LogP contribution in [-0.4, -0.2) is 9.13 Å². The van der Waals surface area contributed by atoms with Gasteiger partial charge in [-0.1, -0.05) is 303 Å². The van der Waals surface area contributed by atoms with Gasteiger partial charge in [-0.15, -0.1) is 0 Å². The molecule has 4 aromatic heterocycles. The van der Waals surface area contributed by atoms with Crippen LogP contribution in [0.2, 0.25) is 0 Å². The van der Waals surface area contributed by atoms with E-state index in [2.05, 4.69) is 450 Å². The molecule has 0 aliphatic heterocycles. The zero-order valence-corrected chi connectivity index (χ0v) is 66.2. The molecule has 0 bridgehead atoms. The first-order valence-electron chi connectivity index (χ1n) is 41.8. The van der Waals surface area contributed by atoms with Gasteiger partial charge in [0, 0.05) is 99.2 Å². The van der Waals surface area contributed by atoms with Gasteiger partial charge in [-0.3, -0.25) is 0 Å². The summed E-state index contributed by atoms with van der Waals surface area (Å²) in [6.07, 6.45) is 0. The topological polar surface area (TPSA) is 42.6 Å². The second-order valence-corrected chi connectivity index (χ2v) is 32.1. The minimum Gasteiger partial charge on any atom is -0.455 e. The molecule has 4 heterocycles. The molecule has 0 saturated carbocycles. The van der Waals surface area contributed by atoms with Gasteiger partial charge < -0.3 is 27.8 Å². The lowest BCUT2D eigenvalue weighted by Gasteiger charge is -2.28. The quantitative estimate of drug-likeness (QED) is 0.108. The molecule has 6 nitrogen and oxygen atoms in total. The average Bonchev–Trinajstić information content (AvgIpc) is 1.66. The van der Waals surface area contributed by atoms with Gasteiger partial charge in [0.05, 0.1) is 39.1 Å². The van der Waals surface area contributed by atoms with E-state index in [1.54, 1.807) is 0 Å². The standard InChI is InChI=1S/C116H72N4O2/c1-2-34-90-88(32-1)89-33-3-4-35-91(89)104-72-84(64-65-93(90)104)117(82-28-23-26-76(66-82)85-30-7-15-46-106(85)119-108-48-17-9-38-95(108)96-39-10-18-49-109(96)119)80-60-58-74(59-61-80)103-69-79(70-105-100-43-14-22-53-114(100)122-116(103)105)75-54-55-78-71-112(94-37-6-5-36-92(94)102(78)68-75)118(81-62-56-73(57-63-81)87-44-25-45-101-99-42-13-21-52-113(99)121-115(87)101)83-29-24-27-77(67-83)86-31-8-16-47-107(86)120-110-50-19-11-40-97(110)98-41-12-20-51-111(98)120/h1-72H. The molecule has 25 rings (SSSR count). The number of hydrogen-bond donors (Lipinski definition) is 0. The monoisotopic (exact) mass is 1550 g/mol. The molecule has 122 heavy (non-hydrogen) atoms. The number of benzene rings is 21. The number of hydrogen-bond acceptors (Lipinski definition) is 4. The highest BCUT2D eigenvalue weighted by atomic mass is 16.3. The van der Waals surface area contributed by atoms with Crippen molar-refractivity contribution in [2.24, 2.45) is 0 Å². The predicted octanol–water partition coefficient (Wildman–Crippen LogP) is 32.7. The third-order valence-corrected chi connectivity index (χ3v) is 25.4. The van der Waals surface area contributed by atoms with E-state index in [0.29, 0.717) is 0 Å². The molecule has 0 radical (unpaired) electrons. The molecule has 0 amide bonds. The molecular formula is C116H72N4O2. The zero-order valence-electron chi connectivity index (χ0n) is 66.2. The molecule has 0 spiro atoms. The highest BCUT2D eigenvalue weighted by Crippen LogP contribution is 2.50. The third kappa shape index (κ3) is 10.9. The summed E-state index contributed by atoms with van der Waals surface area (Å²) in [6.45, 7) is 0. The molecule has 0 aliphatic carbocycles. The van der Waals surface area contributed by atoms with E-state index in [0.717, 1.165) is 167 Å². The number of rotatable bonds is 13. The number of furan rings is 2. The van der Waals surface area contributed by atoms with Gasteiger partial charge in [0.1, 0.15) is 22.3 Å². The predicted molar refractivity (Wildman–Crippen MR) is 514 cm³/mol. The van der Waals surface area contributed by atoms with Crippen LogP contribution in [0, 0.1) is 0 Å². The number of anilines is 6. The van der Waals surface area contributed by atoms with Crippen LogP contribution < -0.4 is 9.80 Å². The van der Waals surface area contributed by atoms with Crippen molar-refractivity contribution < 1.29 is 8.83 Å². The van der Waals surface area contributed by atoms with Crippen LogP contribution in [0.3, 0.4) is 0 Å². The molecule has 568 valence electrons. The fourth-order valence-corrected chi connectivity index (χ4v) is 19.9. The fourth-order valence-electron chi connectivity index (χ4n) is 19.9. The van der Waals surface area contributed by atoms with Crippen molar-refractivity contribution >= 4 is 175 Å². The van der Waals surface area contributed by atoms with E-state index in [4.69, 9.17) is 8.83 Å². The van der Waals surface area contributed by atoms with Crippen molar-refractivity contribution in [3.05, 3.63) is 437 Å². The van der Waals surface area contributed by atoms with E-state index in [9.17, 15) is 0 Å². The van der Waals surface area contributed by atoms with Gasteiger partial charge in [0.2, 0.25) is 0 Å². The summed E-state index contributed by atoms with van der Waals surface area (Å²) in [7, 11) is 0. The minimum absolute atomic E-state index is 0.845. The van der Waals surface area contributed by atoms with Crippen molar-refractivity contribution in [2.45, 2.75) is 0 Å². The summed E-state index contributed by atoms with van der Waals surface area (Å²) in [4.78, 5) is 4.89. The van der Waals surface area contributed by atoms with Crippen molar-refractivity contribution in [3.63, 3.8) is 0 Å². The lowest BCUT2D eigenvalue weighted by molar-refractivity contribution is 0.669. The van der Waals surface area contributed by atoms with Crippen LogP contribution in [0.1, 0.15) is 0 Å². The van der Waals surface area contributed by atoms with Crippen LogP contribution in [0.5, 0.6) is 0 Å². The summed E-state index contributed by atoms with van der Waals surface area (Å²) in [5.41, 5.74) is 27.4. The van der Waals surface area contributed by atoms with E-state index in [-0.39, 0.29) is 0 Å². The second kappa shape index (κ2) is 27.7. The number of aromatic nitrogens is 2. The summed E-state index contributed by atoms with van der Waals surface area (Å²) in [6, 6.07) is 160. The Labute approximate surface area is 702 Å². The second-order valence-electron chi connectivity index (χ2n) is 32.1. The van der Waals surface area contributed by atoms with Crippen LogP contribution in [0.15, 0.2) is 446 Å². The maximum absolute atomic E-state index is 7.05. The highest BCUT2D eigenvalue weighted by molar-refractivity contribution is 6.26. The SMILES string of the molecule is c1cc(-c2ccccc2-n2c3ccccc3c3ccccc32)cc(N(c2ccc(-c3cc(-c4ccc5cc(N(c6ccc(-c7cccc8c7oc7ccccc78)cc6)c6cccc(-c7ccccc7-n7c8ccccc8c8ccccc87)c6)c6ccccc6c5c4)cc4c3oc3ccccc34)cc2)c2ccc3c4ccccc4c4ccccc4c3c2)c1. The zero-order chi connectivity index (χ0) is 80.0. The third-order valence-electron chi connectivity index (χ3n) is 25.4. The normalized spacial score (nSPS) is 11.9. The molecule has 0 saturated heterocycles. The van der Waals surface area contributed by atoms with Gasteiger partial charge in [-0.2, -0.15) is 0 Å². The van der Waals surface area contributed by atoms with E-state index in [1.165, 1.54) is 75.9 Å². The summed E-state index contributed by atoms with van der Waals surface area (Å²) in [5, 5.41) is 21.2. The molecule has 0 N–H and O–H groups in total. The van der Waals surface area contributed by atoms with Gasteiger partial charge in [-0.05, 0) is 215 Å². The first kappa shape index (κ1) is 68.9. The first-order chi connectivity index (χ1) is 60.5. The maximum Gasteiger partial charge on any atom is 0.143 e. The molecule has 0 atom stereocenters. The van der Waals surface area contributed by atoms with Crippen molar-refractivity contribution in [2.75, 3.05) is 9.80 Å². The summed E-state index contributed by atoms with van der Waals surface area (Å²) >= 11 is 0. The summed E-state index contributed by atoms with van der Waals surface area (Å²) in [5.74, 6) is 0. The Balaban J connectivity index is 0.630. The summed E-state index contributed by atoms with van der Waals surface area (Å²) < 4.78 is 18.6. The van der Waals surface area contributed by atoms with Crippen molar-refractivity contribution in [1.82, 2.24) is 9.13 Å². The minimum atomic E-state index is 0.845. The Kier molecular flexibility index (Phi) is 15.6. The lowest BCUT2D eigenvalue weighted by atomic mass is 9.92. The Morgan fingerprint density at radius 3 is 1.09 bits per heavy atom. The molecule has 0 aliphatic rings. The number of fused-ring (bicyclic) bond motifs is 21. The highest BCUT2D eigenvalue weighted by Gasteiger charge is 2.26. The molecule has 0 unspecified atom stereocenters. The van der Waals surface area contributed by atoms with Crippen LogP contribution in [-0.2, 0) is 0 Å². The van der Waals surface area contributed by atoms with E-state index >= 15 is 0 Å². The van der Waals surface area contributed by atoms with E-state index < -0.39 is 0 Å². The van der Waals surface area contributed by atoms with E-state index in [1.807, 2.05) is 6.07 Å². The average molecular weight is 1550 g/mol. The van der Waals surface area contributed by atoms with Crippen LogP contribution in [0.4, 0.5) is 34.1 Å². The Morgan fingerprint density at radius 1 is 0.172 bits per heavy atom. The maximum atomic E-state index is 7.05. The molecular weight excluding hydrogens is 1480 g/mol. The molecule has 21 aromatic carbocycles. The Morgan fingerprint density at radius 2 is 0.541 bits per heavy atom. The van der Waals surface area contributed by atoms with Gasteiger partial charge >= 0.3 is 0 Å². The molecule has 6 heteroatoms. The largest absolute Gasteiger partial charge is 0.455 e. The molecule has 0 fully saturated rings. The van der Waals surface area contributed by atoms with Crippen molar-refractivity contribution in [3.8, 4) is 67.0 Å². The number of para-hydroxylation sites is 9. The fraction of sp³-hybridized carbons (Fsp3) is 0. The van der Waals surface area contributed by atoms with Gasteiger partial charge in [0.25, 0.3) is 0 Å². The molecule has 25 aromatic rings. The smallest absolute Gasteiger partial charge is 0.143 e. The van der Waals surface area contributed by atoms with Crippen LogP contribution in [0.25, 0.3) is 208 Å². The Bertz CT molecular complexity index is 8470.